The number of nitrogens with one attached hydrogen (secondary N) is 1. The number of hydrogen-bond donors (Lipinski definition) is 1. The summed E-state index contributed by atoms with van der Waals surface area (Å²) in [5.41, 5.74) is 0. The van der Waals surface area contributed by atoms with Gasteiger partial charge in [-0.3, -0.25) is 4.79 Å². The summed E-state index contributed by atoms with van der Waals surface area (Å²) in [6, 6.07) is 0.620. The van der Waals surface area contributed by atoms with Crippen molar-refractivity contribution in [2.45, 2.75) is 52.5 Å². The van der Waals surface area contributed by atoms with E-state index < -0.39 is 0 Å². The Morgan fingerprint density at radius 3 is 2.56 bits per heavy atom. The molecule has 1 N–H and O–H groups in total. The fourth-order valence-electron chi connectivity index (χ4n) is 2.36. The van der Waals surface area contributed by atoms with E-state index in [9.17, 15) is 4.79 Å². The van der Waals surface area contributed by atoms with Crippen LogP contribution in [0.25, 0.3) is 0 Å². The van der Waals surface area contributed by atoms with Crippen LogP contribution in [-0.4, -0.2) is 36.5 Å². The van der Waals surface area contributed by atoms with E-state index in [0.717, 1.165) is 38.4 Å². The highest BCUT2D eigenvalue weighted by molar-refractivity contribution is 5.73. The Morgan fingerprint density at radius 2 is 2.06 bits per heavy atom. The molecular formula is C13H26N2O. The predicted octanol–water partition coefficient (Wildman–Crippen LogP) is 2.02. The number of nitrogens with zero attached hydrogens (tertiary/aromatic N) is 1. The maximum Gasteiger partial charge on any atom is 0.219 e. The lowest BCUT2D eigenvalue weighted by atomic mass is 10.0. The first-order chi connectivity index (χ1) is 7.63. The molecule has 94 valence electrons. The molecule has 1 atom stereocenters. The third kappa shape index (κ3) is 4.52. The first-order valence-electron chi connectivity index (χ1n) is 6.62. The highest BCUT2D eigenvalue weighted by atomic mass is 16.2. The molecule has 1 saturated heterocycles. The third-order valence-electron chi connectivity index (χ3n) is 3.48. The van der Waals surface area contributed by atoms with Gasteiger partial charge in [0.05, 0.1) is 0 Å². The van der Waals surface area contributed by atoms with Crippen LogP contribution in [-0.2, 0) is 4.79 Å². The molecule has 0 aromatic rings. The monoisotopic (exact) mass is 226 g/mol. The van der Waals surface area contributed by atoms with Crippen LogP contribution in [0.5, 0.6) is 0 Å². The summed E-state index contributed by atoms with van der Waals surface area (Å²) in [7, 11) is 0. The van der Waals surface area contributed by atoms with E-state index in [1.807, 2.05) is 4.90 Å². The van der Waals surface area contributed by atoms with Gasteiger partial charge < -0.3 is 10.2 Å². The minimum absolute atomic E-state index is 0.220. The maximum absolute atomic E-state index is 11.2. The van der Waals surface area contributed by atoms with Gasteiger partial charge in [-0.1, -0.05) is 20.3 Å². The second kappa shape index (κ2) is 6.89. The molecule has 0 spiro atoms. The molecule has 0 aromatic heterocycles. The van der Waals surface area contributed by atoms with Crippen molar-refractivity contribution in [1.82, 2.24) is 10.2 Å². The third-order valence-corrected chi connectivity index (χ3v) is 3.48. The van der Waals surface area contributed by atoms with Gasteiger partial charge in [0, 0.05) is 26.1 Å². The molecule has 0 aliphatic carbocycles. The number of rotatable bonds is 5. The normalized spacial score (nSPS) is 19.8. The standard InChI is InChI=1S/C13H26N2O/c1-4-5-11(2)10-14-13-6-8-15(9-7-13)12(3)16/h11,13-14H,4-10H2,1-3H3. The van der Waals surface area contributed by atoms with E-state index in [4.69, 9.17) is 0 Å². The lowest BCUT2D eigenvalue weighted by molar-refractivity contribution is -0.129. The van der Waals surface area contributed by atoms with Gasteiger partial charge in [0.2, 0.25) is 5.91 Å². The van der Waals surface area contributed by atoms with E-state index in [1.54, 1.807) is 6.92 Å². The lowest BCUT2D eigenvalue weighted by Gasteiger charge is -2.32. The van der Waals surface area contributed by atoms with Crippen LogP contribution in [0.1, 0.15) is 46.5 Å². The van der Waals surface area contributed by atoms with Gasteiger partial charge in [-0.15, -0.1) is 0 Å². The number of amides is 1. The summed E-state index contributed by atoms with van der Waals surface area (Å²) in [6.07, 6.45) is 4.79. The second-order valence-electron chi connectivity index (χ2n) is 5.08. The lowest BCUT2D eigenvalue weighted by Crippen LogP contribution is -2.45. The molecule has 16 heavy (non-hydrogen) atoms. The summed E-state index contributed by atoms with van der Waals surface area (Å²) in [6.45, 7) is 9.18. The predicted molar refractivity (Wildman–Crippen MR) is 67.4 cm³/mol. The Balaban J connectivity index is 2.14. The van der Waals surface area contributed by atoms with Crippen molar-refractivity contribution in [1.29, 1.82) is 0 Å². The maximum atomic E-state index is 11.2. The molecule has 1 aliphatic heterocycles. The second-order valence-corrected chi connectivity index (χ2v) is 5.08. The van der Waals surface area contributed by atoms with E-state index >= 15 is 0 Å². The molecular weight excluding hydrogens is 200 g/mol. The van der Waals surface area contributed by atoms with Crippen molar-refractivity contribution < 1.29 is 4.79 Å². The molecule has 3 nitrogen and oxygen atoms in total. The Labute approximate surface area is 99.6 Å². The average Bonchev–Trinajstić information content (AvgIpc) is 2.27. The fourth-order valence-corrected chi connectivity index (χ4v) is 2.36. The zero-order valence-electron chi connectivity index (χ0n) is 11.0. The van der Waals surface area contributed by atoms with Gasteiger partial charge in [-0.2, -0.15) is 0 Å². The zero-order chi connectivity index (χ0) is 12.0. The number of piperidine rings is 1. The zero-order valence-corrected chi connectivity index (χ0v) is 11.0. The van der Waals surface area contributed by atoms with Crippen molar-refractivity contribution in [2.75, 3.05) is 19.6 Å². The van der Waals surface area contributed by atoms with E-state index in [-0.39, 0.29) is 5.91 Å². The summed E-state index contributed by atoms with van der Waals surface area (Å²) in [5, 5.41) is 3.63. The van der Waals surface area contributed by atoms with Crippen molar-refractivity contribution >= 4 is 5.91 Å². The van der Waals surface area contributed by atoms with E-state index in [0.29, 0.717) is 6.04 Å². The highest BCUT2D eigenvalue weighted by Crippen LogP contribution is 2.11. The van der Waals surface area contributed by atoms with Crippen LogP contribution in [0.3, 0.4) is 0 Å². The van der Waals surface area contributed by atoms with Crippen molar-refractivity contribution in [3.8, 4) is 0 Å². The number of hydrogen-bond acceptors (Lipinski definition) is 2. The summed E-state index contributed by atoms with van der Waals surface area (Å²) in [5.74, 6) is 0.994. The number of carbonyl (C=O) groups is 1. The van der Waals surface area contributed by atoms with Crippen LogP contribution >= 0.6 is 0 Å². The van der Waals surface area contributed by atoms with Crippen LogP contribution in [0.15, 0.2) is 0 Å². The highest BCUT2D eigenvalue weighted by Gasteiger charge is 2.20. The van der Waals surface area contributed by atoms with Crippen LogP contribution in [0.2, 0.25) is 0 Å². The molecule has 1 unspecified atom stereocenters. The molecule has 1 amide bonds. The molecule has 1 aliphatic rings. The molecule has 0 radical (unpaired) electrons. The molecule has 1 fully saturated rings. The largest absolute Gasteiger partial charge is 0.343 e. The minimum atomic E-state index is 0.220. The van der Waals surface area contributed by atoms with Gasteiger partial charge >= 0.3 is 0 Å². The smallest absolute Gasteiger partial charge is 0.219 e. The van der Waals surface area contributed by atoms with Gasteiger partial charge in [0.15, 0.2) is 0 Å². The summed E-state index contributed by atoms with van der Waals surface area (Å²) < 4.78 is 0. The summed E-state index contributed by atoms with van der Waals surface area (Å²) >= 11 is 0. The van der Waals surface area contributed by atoms with Gasteiger partial charge in [0.25, 0.3) is 0 Å². The molecule has 1 heterocycles. The molecule has 3 heteroatoms. The van der Waals surface area contributed by atoms with Crippen molar-refractivity contribution in [2.24, 2.45) is 5.92 Å². The van der Waals surface area contributed by atoms with Crippen molar-refractivity contribution in [3.05, 3.63) is 0 Å². The van der Waals surface area contributed by atoms with Gasteiger partial charge in [-0.05, 0) is 31.7 Å². The first kappa shape index (κ1) is 13.5. The quantitative estimate of drug-likeness (QED) is 0.778. The van der Waals surface area contributed by atoms with Crippen LogP contribution in [0.4, 0.5) is 0 Å². The molecule has 0 aromatic carbocycles. The Hall–Kier alpha value is -0.570. The molecule has 0 bridgehead atoms. The fraction of sp³-hybridized carbons (Fsp3) is 0.923. The summed E-state index contributed by atoms with van der Waals surface area (Å²) in [4.78, 5) is 13.1. The molecule has 0 saturated carbocycles. The molecule has 1 rings (SSSR count). The SMILES string of the molecule is CCCC(C)CNC1CCN(C(C)=O)CC1. The minimum Gasteiger partial charge on any atom is -0.343 e. The van der Waals surface area contributed by atoms with Gasteiger partial charge in [0.1, 0.15) is 0 Å². The van der Waals surface area contributed by atoms with E-state index in [2.05, 4.69) is 19.2 Å². The number of carbonyl (C=O) groups excluding carboxylic acids is 1. The van der Waals surface area contributed by atoms with Crippen molar-refractivity contribution in [3.63, 3.8) is 0 Å². The average molecular weight is 226 g/mol. The van der Waals surface area contributed by atoms with Gasteiger partial charge in [-0.25, -0.2) is 0 Å². The van der Waals surface area contributed by atoms with E-state index in [1.165, 1.54) is 12.8 Å². The number of likely N-dealkylation sites (tertiary alicyclic amines) is 1. The topological polar surface area (TPSA) is 32.3 Å². The Bertz CT molecular complexity index is 210. The Morgan fingerprint density at radius 1 is 1.44 bits per heavy atom. The Kier molecular flexibility index (Phi) is 5.81. The first-order valence-corrected chi connectivity index (χ1v) is 6.62. The van der Waals surface area contributed by atoms with Crippen LogP contribution in [0, 0.1) is 5.92 Å². The van der Waals surface area contributed by atoms with Crippen LogP contribution < -0.4 is 5.32 Å².